The van der Waals surface area contributed by atoms with E-state index in [0.29, 0.717) is 6.42 Å². The van der Waals surface area contributed by atoms with Crippen molar-refractivity contribution in [3.63, 3.8) is 0 Å². The van der Waals surface area contributed by atoms with Crippen molar-refractivity contribution in [2.75, 3.05) is 5.33 Å². The van der Waals surface area contributed by atoms with E-state index in [1.54, 1.807) is 0 Å². The minimum atomic E-state index is -0.682. The van der Waals surface area contributed by atoms with Crippen LogP contribution in [0, 0.1) is 0 Å². The molecule has 0 saturated heterocycles. The summed E-state index contributed by atoms with van der Waals surface area (Å²) in [4.78, 5) is 10.0. The highest BCUT2D eigenvalue weighted by Crippen LogP contribution is 2.03. The van der Waals surface area contributed by atoms with Crippen LogP contribution in [0.3, 0.4) is 0 Å². The first-order valence-corrected chi connectivity index (χ1v) is 4.67. The maximum Gasteiger partial charge on any atom is 0.303 e. The van der Waals surface area contributed by atoms with Gasteiger partial charge in [0.05, 0.1) is 0 Å². The predicted molar refractivity (Wildman–Crippen MR) is 51.8 cm³/mol. The summed E-state index contributed by atoms with van der Waals surface area (Å²) < 4.78 is 0. The Morgan fingerprint density at radius 2 is 1.73 bits per heavy atom. The standard InChI is InChI=1S/C7H13BrO2.ClH/c8-6-4-2-1-3-5-7(9)10;/h1-6H2,(H,9,10);1H. The minimum Gasteiger partial charge on any atom is -0.481 e. The van der Waals surface area contributed by atoms with Gasteiger partial charge in [-0.05, 0) is 12.8 Å². The van der Waals surface area contributed by atoms with Gasteiger partial charge in [0.1, 0.15) is 0 Å². The number of hydrogen-bond donors (Lipinski definition) is 1. The lowest BCUT2D eigenvalue weighted by Gasteiger charge is -1.94. The van der Waals surface area contributed by atoms with Gasteiger partial charge in [-0.1, -0.05) is 28.8 Å². The molecular weight excluding hydrogens is 231 g/mol. The Balaban J connectivity index is 0. The van der Waals surface area contributed by atoms with Gasteiger partial charge in [-0.2, -0.15) is 0 Å². The second-order valence-corrected chi connectivity index (χ2v) is 3.04. The van der Waals surface area contributed by atoms with Gasteiger partial charge >= 0.3 is 5.97 Å². The zero-order valence-corrected chi connectivity index (χ0v) is 8.79. The molecule has 0 aliphatic carbocycles. The number of halogens is 2. The highest BCUT2D eigenvalue weighted by atomic mass is 79.9. The lowest BCUT2D eigenvalue weighted by Crippen LogP contribution is -1.93. The molecule has 0 atom stereocenters. The highest BCUT2D eigenvalue weighted by Gasteiger charge is 1.94. The van der Waals surface area contributed by atoms with Crippen LogP contribution in [0.2, 0.25) is 0 Å². The second kappa shape index (κ2) is 10.2. The molecule has 0 aliphatic heterocycles. The molecule has 0 aromatic rings. The lowest BCUT2D eigenvalue weighted by atomic mass is 10.2. The molecule has 0 rings (SSSR count). The van der Waals surface area contributed by atoms with Crippen molar-refractivity contribution < 1.29 is 9.90 Å². The van der Waals surface area contributed by atoms with Gasteiger partial charge in [-0.3, -0.25) is 4.79 Å². The summed E-state index contributed by atoms with van der Waals surface area (Å²) in [6, 6.07) is 0. The van der Waals surface area contributed by atoms with Crippen LogP contribution in [0.15, 0.2) is 0 Å². The Morgan fingerprint density at radius 1 is 1.18 bits per heavy atom. The topological polar surface area (TPSA) is 37.3 Å². The third kappa shape index (κ3) is 13.3. The van der Waals surface area contributed by atoms with E-state index in [1.807, 2.05) is 0 Å². The van der Waals surface area contributed by atoms with Crippen LogP contribution in [-0.2, 0) is 4.79 Å². The van der Waals surface area contributed by atoms with E-state index < -0.39 is 5.97 Å². The molecule has 0 heterocycles. The summed E-state index contributed by atoms with van der Waals surface area (Å²) in [6.45, 7) is 0. The lowest BCUT2D eigenvalue weighted by molar-refractivity contribution is -0.137. The van der Waals surface area contributed by atoms with Crippen LogP contribution in [0.25, 0.3) is 0 Å². The number of rotatable bonds is 6. The largest absolute Gasteiger partial charge is 0.481 e. The number of unbranched alkanes of at least 4 members (excludes halogenated alkanes) is 3. The predicted octanol–water partition coefficient (Wildman–Crippen LogP) is 2.84. The third-order valence-electron chi connectivity index (χ3n) is 1.27. The van der Waals surface area contributed by atoms with E-state index >= 15 is 0 Å². The van der Waals surface area contributed by atoms with Crippen LogP contribution in [0.4, 0.5) is 0 Å². The normalized spacial score (nSPS) is 8.82. The SMILES string of the molecule is Cl.O=C(O)CCCCCCBr. The summed E-state index contributed by atoms with van der Waals surface area (Å²) >= 11 is 3.31. The van der Waals surface area contributed by atoms with Gasteiger partial charge in [-0.25, -0.2) is 0 Å². The van der Waals surface area contributed by atoms with E-state index in [0.717, 1.165) is 31.0 Å². The van der Waals surface area contributed by atoms with Gasteiger partial charge in [0.2, 0.25) is 0 Å². The van der Waals surface area contributed by atoms with Gasteiger partial charge in [0.25, 0.3) is 0 Å². The van der Waals surface area contributed by atoms with E-state index in [4.69, 9.17) is 5.11 Å². The van der Waals surface area contributed by atoms with E-state index in [2.05, 4.69) is 15.9 Å². The van der Waals surface area contributed by atoms with Crippen molar-refractivity contribution in [3.8, 4) is 0 Å². The van der Waals surface area contributed by atoms with Gasteiger partial charge in [0.15, 0.2) is 0 Å². The van der Waals surface area contributed by atoms with E-state index in [9.17, 15) is 4.79 Å². The maximum atomic E-state index is 10.0. The summed E-state index contributed by atoms with van der Waals surface area (Å²) in [5.74, 6) is -0.682. The smallest absolute Gasteiger partial charge is 0.303 e. The van der Waals surface area contributed by atoms with Gasteiger partial charge in [-0.15, -0.1) is 12.4 Å². The fourth-order valence-electron chi connectivity index (χ4n) is 0.724. The molecule has 0 spiro atoms. The molecule has 1 N–H and O–H groups in total. The maximum absolute atomic E-state index is 10.0. The van der Waals surface area contributed by atoms with Gasteiger partial charge < -0.3 is 5.11 Å². The van der Waals surface area contributed by atoms with Crippen LogP contribution >= 0.6 is 28.3 Å². The Hall–Kier alpha value is 0.240. The quantitative estimate of drug-likeness (QED) is 0.577. The molecule has 0 amide bonds. The van der Waals surface area contributed by atoms with Crippen LogP contribution in [0.1, 0.15) is 32.1 Å². The Bertz CT molecular complexity index is 98.4. The van der Waals surface area contributed by atoms with Crippen molar-refractivity contribution in [1.29, 1.82) is 0 Å². The van der Waals surface area contributed by atoms with Crippen molar-refractivity contribution >= 4 is 34.3 Å². The average molecular weight is 246 g/mol. The zero-order chi connectivity index (χ0) is 7.82. The van der Waals surface area contributed by atoms with Crippen LogP contribution in [-0.4, -0.2) is 16.4 Å². The highest BCUT2D eigenvalue weighted by molar-refractivity contribution is 9.09. The molecule has 0 bridgehead atoms. The molecule has 0 saturated carbocycles. The number of aliphatic carboxylic acids is 1. The molecule has 0 unspecified atom stereocenters. The van der Waals surface area contributed by atoms with Crippen LogP contribution in [0.5, 0.6) is 0 Å². The van der Waals surface area contributed by atoms with Crippen molar-refractivity contribution in [1.82, 2.24) is 0 Å². The van der Waals surface area contributed by atoms with Crippen molar-refractivity contribution in [3.05, 3.63) is 0 Å². The molecule has 0 fully saturated rings. The molecule has 4 heteroatoms. The average Bonchev–Trinajstić information content (AvgIpc) is 1.87. The number of alkyl halides is 1. The number of carboxylic acids is 1. The van der Waals surface area contributed by atoms with Crippen LogP contribution < -0.4 is 0 Å². The monoisotopic (exact) mass is 244 g/mol. The Morgan fingerprint density at radius 3 is 2.18 bits per heavy atom. The zero-order valence-electron chi connectivity index (χ0n) is 6.38. The Labute approximate surface area is 81.9 Å². The van der Waals surface area contributed by atoms with E-state index in [1.165, 1.54) is 0 Å². The fourth-order valence-corrected chi connectivity index (χ4v) is 1.12. The van der Waals surface area contributed by atoms with Crippen molar-refractivity contribution in [2.24, 2.45) is 0 Å². The molecule has 11 heavy (non-hydrogen) atoms. The first-order chi connectivity index (χ1) is 4.77. The summed E-state index contributed by atoms with van der Waals surface area (Å²) in [7, 11) is 0. The molecule has 2 nitrogen and oxygen atoms in total. The van der Waals surface area contributed by atoms with Crippen molar-refractivity contribution in [2.45, 2.75) is 32.1 Å². The molecule has 0 aromatic carbocycles. The first-order valence-electron chi connectivity index (χ1n) is 3.55. The number of carbonyl (C=O) groups is 1. The molecular formula is C7H14BrClO2. The molecule has 0 aliphatic rings. The minimum absolute atomic E-state index is 0. The summed E-state index contributed by atoms with van der Waals surface area (Å²) in [5.41, 5.74) is 0. The third-order valence-corrected chi connectivity index (χ3v) is 1.84. The number of carboxylic acid groups (broad SMARTS) is 1. The van der Waals surface area contributed by atoms with Gasteiger partial charge in [0, 0.05) is 11.8 Å². The summed E-state index contributed by atoms with van der Waals surface area (Å²) in [6.07, 6.45) is 4.47. The van der Waals surface area contributed by atoms with E-state index in [-0.39, 0.29) is 12.4 Å². The Kier molecular flexibility index (Phi) is 12.9. The first kappa shape index (κ1) is 13.8. The molecule has 0 radical (unpaired) electrons. The second-order valence-electron chi connectivity index (χ2n) is 2.25. The molecule has 0 aromatic heterocycles. The number of hydrogen-bond acceptors (Lipinski definition) is 1. The summed E-state index contributed by atoms with van der Waals surface area (Å²) in [5, 5.41) is 9.29. The fraction of sp³-hybridized carbons (Fsp3) is 0.857. The molecule has 68 valence electrons.